The molecule has 1 atom stereocenters. The topological polar surface area (TPSA) is 107 Å². The molecule has 0 aliphatic heterocycles. The maximum atomic E-state index is 11.5. The Morgan fingerprint density at radius 3 is 2.58 bits per heavy atom. The Kier molecular flexibility index (Phi) is 6.56. The molecule has 0 bridgehead atoms. The van der Waals surface area contributed by atoms with E-state index < -0.39 is 18.0 Å². The molecule has 1 rings (SSSR count). The number of nitrogens with two attached hydrogens (primary N) is 2. The number of carbonyl (C=O) groups excluding carboxylic acids is 2. The second kappa shape index (κ2) is 8.23. The number of rotatable bonds is 6. The van der Waals surface area contributed by atoms with Gasteiger partial charge in [0.25, 0.3) is 0 Å². The summed E-state index contributed by atoms with van der Waals surface area (Å²) in [6.07, 6.45) is 0.277. The summed E-state index contributed by atoms with van der Waals surface area (Å²) in [4.78, 5) is 22.9. The van der Waals surface area contributed by atoms with Crippen LogP contribution in [0.3, 0.4) is 0 Å². The minimum absolute atomic E-state index is 0.109. The highest BCUT2D eigenvalue weighted by Crippen LogP contribution is 2.00. The SMILES string of the molecule is NCCC[C@H](N)C(=O)NC(=O)OCc1ccccc1. The molecule has 0 aliphatic carbocycles. The van der Waals surface area contributed by atoms with Crippen molar-refractivity contribution in [2.75, 3.05) is 6.54 Å². The fourth-order valence-corrected chi connectivity index (χ4v) is 1.42. The average Bonchev–Trinajstić information content (AvgIpc) is 2.43. The van der Waals surface area contributed by atoms with Gasteiger partial charge in [0.2, 0.25) is 5.91 Å². The summed E-state index contributed by atoms with van der Waals surface area (Å²) in [6, 6.07) is 8.44. The van der Waals surface area contributed by atoms with Crippen LogP contribution in [-0.4, -0.2) is 24.6 Å². The van der Waals surface area contributed by atoms with Gasteiger partial charge in [0.15, 0.2) is 0 Å². The van der Waals surface area contributed by atoms with Gasteiger partial charge in [-0.05, 0) is 24.9 Å². The molecular weight excluding hydrogens is 246 g/mol. The maximum absolute atomic E-state index is 11.5. The largest absolute Gasteiger partial charge is 0.444 e. The first-order valence-corrected chi connectivity index (χ1v) is 6.10. The standard InChI is InChI=1S/C13H19N3O3/c14-8-4-7-11(15)12(17)16-13(18)19-9-10-5-2-1-3-6-10/h1-3,5-6,11H,4,7-9,14-15H2,(H,16,17,18)/t11-/m0/s1. The van der Waals surface area contributed by atoms with Crippen LogP contribution in [0.5, 0.6) is 0 Å². The highest BCUT2D eigenvalue weighted by molar-refractivity contribution is 5.94. The molecule has 0 fully saturated rings. The van der Waals surface area contributed by atoms with Crippen molar-refractivity contribution in [2.24, 2.45) is 11.5 Å². The zero-order valence-corrected chi connectivity index (χ0v) is 10.7. The molecule has 5 N–H and O–H groups in total. The number of imide groups is 1. The van der Waals surface area contributed by atoms with Crippen molar-refractivity contribution in [1.29, 1.82) is 0 Å². The normalized spacial score (nSPS) is 11.7. The quantitative estimate of drug-likeness (QED) is 0.694. The van der Waals surface area contributed by atoms with Gasteiger partial charge in [-0.15, -0.1) is 0 Å². The lowest BCUT2D eigenvalue weighted by molar-refractivity contribution is -0.121. The van der Waals surface area contributed by atoms with E-state index in [-0.39, 0.29) is 6.61 Å². The van der Waals surface area contributed by atoms with E-state index in [4.69, 9.17) is 16.2 Å². The number of hydrogen-bond acceptors (Lipinski definition) is 5. The third-order valence-corrected chi connectivity index (χ3v) is 2.49. The van der Waals surface area contributed by atoms with E-state index in [1.165, 1.54) is 0 Å². The molecule has 104 valence electrons. The molecule has 0 saturated carbocycles. The van der Waals surface area contributed by atoms with Crippen molar-refractivity contribution < 1.29 is 14.3 Å². The molecule has 0 saturated heterocycles. The summed E-state index contributed by atoms with van der Waals surface area (Å²) in [7, 11) is 0. The van der Waals surface area contributed by atoms with Gasteiger partial charge in [0.1, 0.15) is 6.61 Å². The van der Waals surface area contributed by atoms with Gasteiger partial charge >= 0.3 is 6.09 Å². The third kappa shape index (κ3) is 5.98. The Morgan fingerprint density at radius 1 is 1.26 bits per heavy atom. The second-order valence-electron chi connectivity index (χ2n) is 4.09. The summed E-state index contributed by atoms with van der Waals surface area (Å²) in [6.45, 7) is 0.567. The molecule has 0 heterocycles. The van der Waals surface area contributed by atoms with Crippen LogP contribution >= 0.6 is 0 Å². The zero-order valence-electron chi connectivity index (χ0n) is 10.7. The van der Waals surface area contributed by atoms with E-state index in [1.807, 2.05) is 30.3 Å². The molecule has 1 aromatic carbocycles. The number of nitrogens with one attached hydrogen (secondary N) is 1. The van der Waals surface area contributed by atoms with Crippen LogP contribution < -0.4 is 16.8 Å². The van der Waals surface area contributed by atoms with Crippen LogP contribution in [0.2, 0.25) is 0 Å². The number of alkyl carbamates (subject to hydrolysis) is 1. The fraction of sp³-hybridized carbons (Fsp3) is 0.385. The molecule has 1 aromatic rings. The van der Waals surface area contributed by atoms with Gasteiger partial charge in [0.05, 0.1) is 6.04 Å². The van der Waals surface area contributed by atoms with E-state index in [9.17, 15) is 9.59 Å². The Balaban J connectivity index is 2.29. The first kappa shape index (κ1) is 15.1. The molecule has 19 heavy (non-hydrogen) atoms. The van der Waals surface area contributed by atoms with Crippen LogP contribution in [-0.2, 0) is 16.1 Å². The van der Waals surface area contributed by atoms with Crippen molar-refractivity contribution in [3.05, 3.63) is 35.9 Å². The molecule has 0 aromatic heterocycles. The maximum Gasteiger partial charge on any atom is 0.414 e. The van der Waals surface area contributed by atoms with E-state index in [1.54, 1.807) is 0 Å². The van der Waals surface area contributed by atoms with E-state index in [2.05, 4.69) is 5.32 Å². The van der Waals surface area contributed by atoms with Crippen LogP contribution in [0.15, 0.2) is 30.3 Å². The van der Waals surface area contributed by atoms with Crippen molar-refractivity contribution in [3.8, 4) is 0 Å². The van der Waals surface area contributed by atoms with E-state index in [0.29, 0.717) is 19.4 Å². The fourth-order valence-electron chi connectivity index (χ4n) is 1.42. The van der Waals surface area contributed by atoms with Crippen molar-refractivity contribution in [1.82, 2.24) is 5.32 Å². The Hall–Kier alpha value is -1.92. The molecule has 0 unspecified atom stereocenters. The summed E-state index contributed by atoms with van der Waals surface area (Å²) < 4.78 is 4.90. The number of hydrogen-bond donors (Lipinski definition) is 3. The van der Waals surface area contributed by atoms with Crippen molar-refractivity contribution >= 4 is 12.0 Å². The van der Waals surface area contributed by atoms with Crippen LogP contribution in [0.4, 0.5) is 4.79 Å². The highest BCUT2D eigenvalue weighted by Gasteiger charge is 2.16. The van der Waals surface area contributed by atoms with Gasteiger partial charge in [-0.25, -0.2) is 4.79 Å². The first-order valence-electron chi connectivity index (χ1n) is 6.10. The first-order chi connectivity index (χ1) is 9.13. The summed E-state index contributed by atoms with van der Waals surface area (Å²) in [5, 5.41) is 2.09. The van der Waals surface area contributed by atoms with Crippen LogP contribution in [0.1, 0.15) is 18.4 Å². The lowest BCUT2D eigenvalue weighted by Crippen LogP contribution is -2.43. The monoisotopic (exact) mass is 265 g/mol. The Bertz CT molecular complexity index is 409. The summed E-state index contributed by atoms with van der Waals surface area (Å²) in [5.41, 5.74) is 11.7. The zero-order chi connectivity index (χ0) is 14.1. The lowest BCUT2D eigenvalue weighted by atomic mass is 10.1. The highest BCUT2D eigenvalue weighted by atomic mass is 16.5. The number of amides is 2. The third-order valence-electron chi connectivity index (χ3n) is 2.49. The average molecular weight is 265 g/mol. The predicted molar refractivity (Wildman–Crippen MR) is 71.0 cm³/mol. The molecule has 6 heteroatoms. The van der Waals surface area contributed by atoms with E-state index >= 15 is 0 Å². The molecule has 6 nitrogen and oxygen atoms in total. The summed E-state index contributed by atoms with van der Waals surface area (Å²) in [5.74, 6) is -0.550. The van der Waals surface area contributed by atoms with Gasteiger partial charge in [-0.2, -0.15) is 0 Å². The second-order valence-corrected chi connectivity index (χ2v) is 4.09. The van der Waals surface area contributed by atoms with E-state index in [0.717, 1.165) is 5.56 Å². The van der Waals surface area contributed by atoms with Gasteiger partial charge in [-0.1, -0.05) is 30.3 Å². The lowest BCUT2D eigenvalue weighted by Gasteiger charge is -2.11. The van der Waals surface area contributed by atoms with Gasteiger partial charge in [0, 0.05) is 0 Å². The van der Waals surface area contributed by atoms with Crippen molar-refractivity contribution in [3.63, 3.8) is 0 Å². The van der Waals surface area contributed by atoms with Crippen molar-refractivity contribution in [2.45, 2.75) is 25.5 Å². The molecule has 0 radical (unpaired) electrons. The van der Waals surface area contributed by atoms with Gasteiger partial charge < -0.3 is 16.2 Å². The minimum atomic E-state index is -0.794. The summed E-state index contributed by atoms with van der Waals surface area (Å²) >= 11 is 0. The van der Waals surface area contributed by atoms with Gasteiger partial charge in [-0.3, -0.25) is 10.1 Å². The molecule has 2 amide bonds. The van der Waals surface area contributed by atoms with Crippen LogP contribution in [0.25, 0.3) is 0 Å². The Labute approximate surface area is 112 Å². The Morgan fingerprint density at radius 2 is 1.95 bits per heavy atom. The number of benzene rings is 1. The number of carbonyl (C=O) groups is 2. The molecule has 0 spiro atoms. The molecular formula is C13H19N3O3. The molecule has 0 aliphatic rings. The minimum Gasteiger partial charge on any atom is -0.444 e. The van der Waals surface area contributed by atoms with Crippen LogP contribution in [0, 0.1) is 0 Å². The predicted octanol–water partition coefficient (Wildman–Crippen LogP) is 0.506. The number of ether oxygens (including phenoxy) is 1. The smallest absolute Gasteiger partial charge is 0.414 e.